The molecule has 0 spiro atoms. The van der Waals surface area contributed by atoms with Crippen molar-refractivity contribution in [3.05, 3.63) is 35.4 Å². The number of carbonyl (C=O) groups excluding carboxylic acids is 3. The Hall–Kier alpha value is -2.17. The van der Waals surface area contributed by atoms with E-state index >= 15 is 0 Å². The average molecular weight is 464 g/mol. The van der Waals surface area contributed by atoms with Crippen LogP contribution in [0.15, 0.2) is 24.3 Å². The zero-order chi connectivity index (χ0) is 23.5. The predicted molar refractivity (Wildman–Crippen MR) is 128 cm³/mol. The Balaban J connectivity index is 1.06. The number of nitrogens with zero attached hydrogens (tertiary/aromatic N) is 1. The molecule has 182 valence electrons. The normalized spacial score (nSPS) is 34.4. The summed E-state index contributed by atoms with van der Waals surface area (Å²) in [5, 5.41) is 0. The lowest BCUT2D eigenvalue weighted by Crippen LogP contribution is -2.54. The lowest BCUT2D eigenvalue weighted by Gasteiger charge is -2.58. The summed E-state index contributed by atoms with van der Waals surface area (Å²) in [5.74, 6) is 2.60. The maximum Gasteiger partial charge on any atom is 0.311 e. The second-order valence-electron chi connectivity index (χ2n) is 12.1. The molecule has 4 bridgehead atoms. The molecule has 0 saturated heterocycles. The quantitative estimate of drug-likeness (QED) is 0.550. The van der Waals surface area contributed by atoms with Gasteiger partial charge in [0.15, 0.2) is 0 Å². The number of esters is 1. The largest absolute Gasteiger partial charge is 0.469 e. The minimum atomic E-state index is -0.276. The molecule has 5 heteroatoms. The van der Waals surface area contributed by atoms with Crippen molar-refractivity contribution in [2.75, 3.05) is 13.7 Å². The molecule has 1 amide bonds. The van der Waals surface area contributed by atoms with E-state index in [0.717, 1.165) is 45.1 Å². The van der Waals surface area contributed by atoms with Crippen molar-refractivity contribution >= 4 is 17.7 Å². The first kappa shape index (κ1) is 22.3. The summed E-state index contributed by atoms with van der Waals surface area (Å²) in [6.45, 7) is 1.48. The first-order chi connectivity index (χ1) is 16.4. The van der Waals surface area contributed by atoms with Gasteiger partial charge in [-0.3, -0.25) is 14.4 Å². The van der Waals surface area contributed by atoms with Crippen LogP contribution in [0.4, 0.5) is 0 Å². The van der Waals surface area contributed by atoms with E-state index in [1.54, 1.807) is 0 Å². The smallest absolute Gasteiger partial charge is 0.311 e. The summed E-state index contributed by atoms with van der Waals surface area (Å²) in [4.78, 5) is 41.1. The fourth-order valence-electron chi connectivity index (χ4n) is 8.39. The molecule has 7 rings (SSSR count). The van der Waals surface area contributed by atoms with Crippen LogP contribution >= 0.6 is 0 Å². The molecule has 0 aromatic heterocycles. The molecular formula is C29H37NO4. The van der Waals surface area contributed by atoms with Gasteiger partial charge in [-0.2, -0.15) is 0 Å². The van der Waals surface area contributed by atoms with Crippen molar-refractivity contribution in [3.63, 3.8) is 0 Å². The van der Waals surface area contributed by atoms with E-state index in [9.17, 15) is 14.4 Å². The number of carbonyl (C=O) groups is 3. The van der Waals surface area contributed by atoms with Crippen LogP contribution in [-0.2, 0) is 32.1 Å². The molecule has 5 saturated carbocycles. The van der Waals surface area contributed by atoms with E-state index in [1.165, 1.54) is 31.1 Å². The Morgan fingerprint density at radius 1 is 1.03 bits per heavy atom. The van der Waals surface area contributed by atoms with Crippen LogP contribution in [0.5, 0.6) is 0 Å². The van der Waals surface area contributed by atoms with Gasteiger partial charge in [0.2, 0.25) is 5.91 Å². The van der Waals surface area contributed by atoms with Crippen LogP contribution in [0.25, 0.3) is 0 Å². The summed E-state index contributed by atoms with van der Waals surface area (Å²) in [6.07, 6.45) is 9.81. The summed E-state index contributed by atoms with van der Waals surface area (Å²) < 4.78 is 5.20. The fraction of sp³-hybridized carbons (Fsp3) is 0.690. The number of hydrogen-bond acceptors (Lipinski definition) is 4. The monoisotopic (exact) mass is 463 g/mol. The van der Waals surface area contributed by atoms with Crippen molar-refractivity contribution in [3.8, 4) is 0 Å². The Kier molecular flexibility index (Phi) is 5.38. The molecule has 1 heterocycles. The number of Topliss-reactive ketones (excluding diaryl/α,β-unsaturated/α-hetero) is 1. The first-order valence-corrected chi connectivity index (χ1v) is 13.4. The number of methoxy groups -OCH3 is 1. The van der Waals surface area contributed by atoms with Gasteiger partial charge < -0.3 is 9.64 Å². The van der Waals surface area contributed by atoms with Crippen molar-refractivity contribution in [2.45, 2.75) is 77.2 Å². The summed E-state index contributed by atoms with van der Waals surface area (Å²) in [7, 11) is 1.52. The van der Waals surface area contributed by atoms with Gasteiger partial charge in [0.1, 0.15) is 5.78 Å². The highest BCUT2D eigenvalue weighted by molar-refractivity contribution is 5.88. The van der Waals surface area contributed by atoms with E-state index in [0.29, 0.717) is 55.3 Å². The van der Waals surface area contributed by atoms with Crippen molar-refractivity contribution in [1.82, 2.24) is 4.90 Å². The lowest BCUT2D eigenvalue weighted by molar-refractivity contribution is -0.175. The molecule has 0 radical (unpaired) electrons. The van der Waals surface area contributed by atoms with Crippen LogP contribution in [-0.4, -0.2) is 36.2 Å². The van der Waals surface area contributed by atoms with Crippen LogP contribution in [0.2, 0.25) is 0 Å². The fourth-order valence-corrected chi connectivity index (χ4v) is 8.39. The van der Waals surface area contributed by atoms with E-state index in [1.807, 2.05) is 11.0 Å². The number of ketones is 1. The lowest BCUT2D eigenvalue weighted by atomic mass is 9.45. The Labute approximate surface area is 202 Å². The Morgan fingerprint density at radius 2 is 1.74 bits per heavy atom. The molecule has 0 N–H and O–H groups in total. The first-order valence-electron chi connectivity index (χ1n) is 13.4. The number of benzene rings is 1. The molecule has 1 aromatic carbocycles. The zero-order valence-electron chi connectivity index (χ0n) is 20.4. The molecule has 2 unspecified atom stereocenters. The number of amides is 1. The molecular weight excluding hydrogens is 426 g/mol. The van der Waals surface area contributed by atoms with E-state index in [4.69, 9.17) is 4.74 Å². The predicted octanol–water partition coefficient (Wildman–Crippen LogP) is 4.71. The van der Waals surface area contributed by atoms with Crippen LogP contribution in [0.3, 0.4) is 0 Å². The standard InChI is InChI=1S/C29H37NO4/c1-34-27(33)29-15-19-12-22(16-29)24(23(13-19)17-29)14-25(31)28(9-10-28)8-6-26(32)30-11-7-20-4-2-3-5-21(20)18-30/h2-5,19,22-24H,6-18H2,1H3. The number of fused-ring (bicyclic) bond motifs is 1. The molecule has 34 heavy (non-hydrogen) atoms. The number of hydrogen-bond donors (Lipinski definition) is 0. The van der Waals surface area contributed by atoms with Gasteiger partial charge in [0, 0.05) is 31.3 Å². The van der Waals surface area contributed by atoms with Gasteiger partial charge in [-0.05, 0) is 92.6 Å². The van der Waals surface area contributed by atoms with Gasteiger partial charge in [-0.25, -0.2) is 0 Å². The van der Waals surface area contributed by atoms with Crippen molar-refractivity contribution < 1.29 is 19.1 Å². The molecule has 2 atom stereocenters. The second-order valence-corrected chi connectivity index (χ2v) is 12.1. The minimum Gasteiger partial charge on any atom is -0.469 e. The average Bonchev–Trinajstić information content (AvgIpc) is 3.64. The molecule has 1 aromatic rings. The summed E-state index contributed by atoms with van der Waals surface area (Å²) in [5.41, 5.74) is 2.08. The van der Waals surface area contributed by atoms with Gasteiger partial charge in [0.25, 0.3) is 0 Å². The minimum absolute atomic E-state index is 0.0193. The summed E-state index contributed by atoms with van der Waals surface area (Å²) >= 11 is 0. The van der Waals surface area contributed by atoms with Crippen LogP contribution in [0.1, 0.15) is 75.3 Å². The Morgan fingerprint density at radius 3 is 2.41 bits per heavy atom. The van der Waals surface area contributed by atoms with Gasteiger partial charge in [0.05, 0.1) is 12.5 Å². The maximum atomic E-state index is 13.5. The number of ether oxygens (including phenoxy) is 1. The second kappa shape index (κ2) is 8.20. The SMILES string of the molecule is COC(=O)C12CC3CC(C1)C(CC(=O)C1(CCC(=O)N4CCc5ccccc5C4)CC1)C(C3)C2. The molecule has 5 fully saturated rings. The highest BCUT2D eigenvalue weighted by atomic mass is 16.5. The van der Waals surface area contributed by atoms with Gasteiger partial charge in [-0.15, -0.1) is 0 Å². The third-order valence-corrected chi connectivity index (χ3v) is 10.3. The Bertz CT molecular complexity index is 995. The van der Waals surface area contributed by atoms with E-state index < -0.39 is 0 Å². The van der Waals surface area contributed by atoms with Crippen LogP contribution in [0, 0.1) is 34.5 Å². The molecule has 1 aliphatic heterocycles. The molecule has 5 nitrogen and oxygen atoms in total. The third kappa shape index (κ3) is 3.70. The number of rotatable bonds is 7. The highest BCUT2D eigenvalue weighted by Gasteiger charge is 2.60. The van der Waals surface area contributed by atoms with Crippen molar-refractivity contribution in [2.24, 2.45) is 34.5 Å². The maximum absolute atomic E-state index is 13.5. The van der Waals surface area contributed by atoms with Gasteiger partial charge >= 0.3 is 5.97 Å². The topological polar surface area (TPSA) is 63.7 Å². The molecule has 5 aliphatic carbocycles. The van der Waals surface area contributed by atoms with E-state index in [-0.39, 0.29) is 22.7 Å². The van der Waals surface area contributed by atoms with Crippen LogP contribution < -0.4 is 0 Å². The van der Waals surface area contributed by atoms with E-state index in [2.05, 4.69) is 18.2 Å². The summed E-state index contributed by atoms with van der Waals surface area (Å²) in [6, 6.07) is 8.39. The highest BCUT2D eigenvalue weighted by Crippen LogP contribution is 2.64. The van der Waals surface area contributed by atoms with Crippen molar-refractivity contribution in [1.29, 1.82) is 0 Å². The van der Waals surface area contributed by atoms with Gasteiger partial charge in [-0.1, -0.05) is 24.3 Å². The molecule has 6 aliphatic rings. The third-order valence-electron chi connectivity index (χ3n) is 10.3. The zero-order valence-corrected chi connectivity index (χ0v) is 20.4.